The number of methoxy groups -OCH3 is 1. The topological polar surface area (TPSA) is 93.7 Å². The Balaban J connectivity index is 1.50. The van der Waals surface area contributed by atoms with Crippen LogP contribution < -0.4 is 19.5 Å². The van der Waals surface area contributed by atoms with Gasteiger partial charge in [-0.25, -0.2) is 8.42 Å². The van der Waals surface area contributed by atoms with Gasteiger partial charge >= 0.3 is 0 Å². The van der Waals surface area contributed by atoms with E-state index in [9.17, 15) is 13.2 Å². The van der Waals surface area contributed by atoms with Gasteiger partial charge in [-0.1, -0.05) is 72.3 Å². The van der Waals surface area contributed by atoms with Gasteiger partial charge in [-0.05, 0) is 60.0 Å². The van der Waals surface area contributed by atoms with Crippen LogP contribution in [0.15, 0.2) is 108 Å². The molecule has 7 nitrogen and oxygen atoms in total. The number of carbonyl (C=O) groups is 1. The van der Waals surface area contributed by atoms with Gasteiger partial charge in [0, 0.05) is 10.7 Å². The number of halogens is 1. The van der Waals surface area contributed by atoms with Gasteiger partial charge in [-0.3, -0.25) is 4.79 Å². The Labute approximate surface area is 227 Å². The first-order valence-electron chi connectivity index (χ1n) is 11.8. The maximum Gasteiger partial charge on any atom is 0.245 e. The van der Waals surface area contributed by atoms with Crippen molar-refractivity contribution in [2.45, 2.75) is 24.0 Å². The van der Waals surface area contributed by atoms with Crippen LogP contribution in [0.2, 0.25) is 5.02 Å². The average molecular weight is 551 g/mol. The van der Waals surface area contributed by atoms with E-state index in [1.807, 2.05) is 60.7 Å². The summed E-state index contributed by atoms with van der Waals surface area (Å²) in [6.07, 6.45) is 0.132. The zero-order valence-corrected chi connectivity index (χ0v) is 22.2. The van der Waals surface area contributed by atoms with E-state index in [2.05, 4.69) is 10.0 Å². The van der Waals surface area contributed by atoms with E-state index in [1.165, 1.54) is 25.3 Å². The van der Waals surface area contributed by atoms with Gasteiger partial charge in [0.15, 0.2) is 0 Å². The third kappa shape index (κ3) is 7.35. The van der Waals surface area contributed by atoms with Crippen LogP contribution in [-0.4, -0.2) is 27.5 Å². The number of nitrogens with one attached hydrogen (secondary N) is 2. The third-order valence-electron chi connectivity index (χ3n) is 5.68. The average Bonchev–Trinajstić information content (AvgIpc) is 2.93. The molecule has 0 bridgehead atoms. The molecule has 38 heavy (non-hydrogen) atoms. The van der Waals surface area contributed by atoms with Crippen LogP contribution in [0.3, 0.4) is 0 Å². The van der Waals surface area contributed by atoms with Gasteiger partial charge in [0.1, 0.15) is 29.0 Å². The van der Waals surface area contributed by atoms with Gasteiger partial charge in [-0.2, -0.15) is 4.72 Å². The fourth-order valence-corrected chi connectivity index (χ4v) is 5.38. The van der Waals surface area contributed by atoms with Crippen LogP contribution in [0.25, 0.3) is 0 Å². The van der Waals surface area contributed by atoms with Gasteiger partial charge in [0.2, 0.25) is 15.9 Å². The van der Waals surface area contributed by atoms with Gasteiger partial charge < -0.3 is 14.8 Å². The second-order valence-electron chi connectivity index (χ2n) is 8.45. The molecule has 196 valence electrons. The zero-order chi connectivity index (χ0) is 27.0. The van der Waals surface area contributed by atoms with Gasteiger partial charge in [0.25, 0.3) is 0 Å². The zero-order valence-electron chi connectivity index (χ0n) is 20.6. The Morgan fingerprint density at radius 1 is 0.868 bits per heavy atom. The number of ether oxygens (including phenoxy) is 2. The van der Waals surface area contributed by atoms with E-state index in [1.54, 1.807) is 24.3 Å². The fraction of sp³-hybridized carbons (Fsp3) is 0.138. The number of anilines is 1. The van der Waals surface area contributed by atoms with Crippen LogP contribution in [0.1, 0.15) is 11.1 Å². The van der Waals surface area contributed by atoms with Crippen molar-refractivity contribution in [1.29, 1.82) is 0 Å². The predicted octanol–water partition coefficient (Wildman–Crippen LogP) is 5.46. The van der Waals surface area contributed by atoms with Crippen LogP contribution in [0.4, 0.5) is 5.69 Å². The van der Waals surface area contributed by atoms with E-state index >= 15 is 0 Å². The lowest BCUT2D eigenvalue weighted by Crippen LogP contribution is -2.45. The molecule has 0 aromatic heterocycles. The largest absolute Gasteiger partial charge is 0.495 e. The van der Waals surface area contributed by atoms with Crippen LogP contribution in [-0.2, 0) is 27.8 Å². The van der Waals surface area contributed by atoms with E-state index < -0.39 is 22.0 Å². The summed E-state index contributed by atoms with van der Waals surface area (Å²) >= 11 is 6.05. The molecule has 0 fully saturated rings. The van der Waals surface area contributed by atoms with Crippen LogP contribution in [0, 0.1) is 0 Å². The molecule has 0 aliphatic rings. The highest BCUT2D eigenvalue weighted by Gasteiger charge is 2.28. The second kappa shape index (κ2) is 12.6. The molecule has 0 radical (unpaired) electrons. The molecule has 2 N–H and O–H groups in total. The Morgan fingerprint density at radius 3 is 2.13 bits per heavy atom. The minimum atomic E-state index is -4.16. The Hall–Kier alpha value is -3.85. The molecule has 0 unspecified atom stereocenters. The van der Waals surface area contributed by atoms with Crippen molar-refractivity contribution >= 4 is 33.2 Å². The maximum atomic E-state index is 13.3. The number of carbonyl (C=O) groups excluding carboxylic acids is 1. The summed E-state index contributed by atoms with van der Waals surface area (Å²) in [6.45, 7) is 0.417. The minimum Gasteiger partial charge on any atom is -0.495 e. The first-order chi connectivity index (χ1) is 18.3. The lowest BCUT2D eigenvalue weighted by Gasteiger charge is -2.20. The molecule has 0 saturated heterocycles. The smallest absolute Gasteiger partial charge is 0.245 e. The number of amides is 1. The molecule has 0 spiro atoms. The molecule has 0 aliphatic heterocycles. The second-order valence-corrected chi connectivity index (χ2v) is 10.6. The quantitative estimate of drug-likeness (QED) is 0.259. The maximum absolute atomic E-state index is 13.3. The molecular formula is C29H27ClN2O5S. The molecule has 9 heteroatoms. The summed E-state index contributed by atoms with van der Waals surface area (Å²) in [5.74, 6) is 0.240. The highest BCUT2D eigenvalue weighted by Crippen LogP contribution is 2.27. The summed E-state index contributed by atoms with van der Waals surface area (Å²) in [7, 11) is -2.80. The molecule has 0 heterocycles. The summed E-state index contributed by atoms with van der Waals surface area (Å²) in [4.78, 5) is 13.2. The van der Waals surface area contributed by atoms with Crippen molar-refractivity contribution in [2.24, 2.45) is 0 Å². The van der Waals surface area contributed by atoms with Crippen molar-refractivity contribution in [1.82, 2.24) is 4.72 Å². The van der Waals surface area contributed by atoms with E-state index in [0.717, 1.165) is 11.1 Å². The lowest BCUT2D eigenvalue weighted by molar-refractivity contribution is -0.117. The third-order valence-corrected chi connectivity index (χ3v) is 7.41. The van der Waals surface area contributed by atoms with Crippen molar-refractivity contribution in [3.05, 3.63) is 119 Å². The molecule has 4 aromatic rings. The fourth-order valence-electron chi connectivity index (χ4n) is 3.75. The van der Waals surface area contributed by atoms with Crippen molar-refractivity contribution < 1.29 is 22.7 Å². The number of hydrogen-bond donors (Lipinski definition) is 2. The number of benzene rings is 4. The molecule has 4 aromatic carbocycles. The van der Waals surface area contributed by atoms with Gasteiger partial charge in [0.05, 0.1) is 7.11 Å². The van der Waals surface area contributed by atoms with Crippen molar-refractivity contribution in [3.8, 4) is 11.5 Å². The standard InChI is InChI=1S/C29H27ClN2O5S/c1-36-27-17-12-23(30)19-28(27)38(34,35)32-26(18-21-8-4-2-5-9-21)29(33)31-24-13-15-25(16-14-24)37-20-22-10-6-3-7-11-22/h2-17,19,26,32H,18,20H2,1H3,(H,31,33)/t26-/m1/s1. The summed E-state index contributed by atoms with van der Waals surface area (Å²) < 4.78 is 40.2. The predicted molar refractivity (Wildman–Crippen MR) is 148 cm³/mol. The molecule has 1 amide bonds. The lowest BCUT2D eigenvalue weighted by atomic mass is 10.1. The monoisotopic (exact) mass is 550 g/mol. The van der Waals surface area contributed by atoms with Gasteiger partial charge in [-0.15, -0.1) is 0 Å². The molecular weight excluding hydrogens is 524 g/mol. The van der Waals surface area contributed by atoms with Crippen molar-refractivity contribution in [2.75, 3.05) is 12.4 Å². The molecule has 4 rings (SSSR count). The Kier molecular flexibility index (Phi) is 9.02. The SMILES string of the molecule is COc1ccc(Cl)cc1S(=O)(=O)N[C@H](Cc1ccccc1)C(=O)Nc1ccc(OCc2ccccc2)cc1. The van der Waals surface area contributed by atoms with Crippen LogP contribution in [0.5, 0.6) is 11.5 Å². The summed E-state index contributed by atoms with van der Waals surface area (Å²) in [5, 5.41) is 3.03. The van der Waals surface area contributed by atoms with E-state index in [-0.39, 0.29) is 22.1 Å². The highest BCUT2D eigenvalue weighted by molar-refractivity contribution is 7.89. The molecule has 0 saturated carbocycles. The Morgan fingerprint density at radius 2 is 1.50 bits per heavy atom. The Bertz CT molecular complexity index is 1460. The summed E-state index contributed by atoms with van der Waals surface area (Å²) in [5.41, 5.74) is 2.33. The minimum absolute atomic E-state index is 0.117. The van der Waals surface area contributed by atoms with E-state index in [4.69, 9.17) is 21.1 Å². The summed E-state index contributed by atoms with van der Waals surface area (Å²) in [6, 6.07) is 29.0. The first kappa shape index (κ1) is 27.2. The molecule has 1 atom stereocenters. The number of sulfonamides is 1. The highest BCUT2D eigenvalue weighted by atomic mass is 35.5. The normalized spacial score (nSPS) is 11.9. The molecule has 0 aliphatic carbocycles. The van der Waals surface area contributed by atoms with E-state index in [0.29, 0.717) is 18.0 Å². The number of hydrogen-bond acceptors (Lipinski definition) is 5. The van der Waals surface area contributed by atoms with Crippen molar-refractivity contribution in [3.63, 3.8) is 0 Å². The number of rotatable bonds is 11. The van der Waals surface area contributed by atoms with Crippen LogP contribution >= 0.6 is 11.6 Å². The first-order valence-corrected chi connectivity index (χ1v) is 13.7.